The Morgan fingerprint density at radius 3 is 2.22 bits per heavy atom. The van der Waals surface area contributed by atoms with Crippen LogP contribution in [0.5, 0.6) is 0 Å². The van der Waals surface area contributed by atoms with Gasteiger partial charge >= 0.3 is 0 Å². The van der Waals surface area contributed by atoms with Gasteiger partial charge in [0, 0.05) is 0 Å². The molecule has 0 bridgehead atoms. The number of aryl methyl sites for hydroxylation is 2. The largest absolute Gasteiger partial charge is 0.385 e. The standard InChI is InChI=1S/C20H17FO2/c1-10-13-5-3-4-6-14(13)11(2)18-17(10)16-9-12(21)7-8-15(16)19(22)20(18)23/h3-9,19-20,22-23H,1-2H3. The van der Waals surface area contributed by atoms with E-state index in [0.717, 1.165) is 27.5 Å². The van der Waals surface area contributed by atoms with Gasteiger partial charge in [-0.1, -0.05) is 30.3 Å². The van der Waals surface area contributed by atoms with Gasteiger partial charge in [0.1, 0.15) is 18.0 Å². The second-order valence-electron chi connectivity index (χ2n) is 6.21. The van der Waals surface area contributed by atoms with Crippen LogP contribution in [-0.4, -0.2) is 10.2 Å². The average Bonchev–Trinajstić information content (AvgIpc) is 2.56. The van der Waals surface area contributed by atoms with E-state index in [2.05, 4.69) is 0 Å². The molecule has 0 spiro atoms. The summed E-state index contributed by atoms with van der Waals surface area (Å²) in [5.74, 6) is -0.344. The van der Waals surface area contributed by atoms with Crippen LogP contribution in [0.1, 0.15) is 34.5 Å². The van der Waals surface area contributed by atoms with E-state index in [4.69, 9.17) is 0 Å². The molecule has 3 heteroatoms. The van der Waals surface area contributed by atoms with Gasteiger partial charge in [0.2, 0.25) is 0 Å². The quantitative estimate of drug-likeness (QED) is 0.648. The van der Waals surface area contributed by atoms with Crippen LogP contribution < -0.4 is 0 Å². The summed E-state index contributed by atoms with van der Waals surface area (Å²) >= 11 is 0. The van der Waals surface area contributed by atoms with E-state index in [-0.39, 0.29) is 5.82 Å². The number of hydrogen-bond donors (Lipinski definition) is 2. The predicted octanol–water partition coefficient (Wildman–Crippen LogP) is 4.34. The third-order valence-corrected chi connectivity index (χ3v) is 4.98. The summed E-state index contributed by atoms with van der Waals surface area (Å²) in [5.41, 5.74) is 4.72. The van der Waals surface area contributed by atoms with Gasteiger partial charge in [-0.3, -0.25) is 0 Å². The van der Waals surface area contributed by atoms with Crippen LogP contribution in [0, 0.1) is 19.7 Å². The maximum Gasteiger partial charge on any atom is 0.123 e. The molecule has 2 unspecified atom stereocenters. The summed E-state index contributed by atoms with van der Waals surface area (Å²) in [6.45, 7) is 3.93. The molecule has 116 valence electrons. The Bertz CT molecular complexity index is 946. The fraction of sp³-hybridized carbons (Fsp3) is 0.200. The van der Waals surface area contributed by atoms with Crippen LogP contribution in [-0.2, 0) is 0 Å². The zero-order chi connectivity index (χ0) is 16.3. The molecule has 4 rings (SSSR count). The highest BCUT2D eigenvalue weighted by Crippen LogP contribution is 2.49. The van der Waals surface area contributed by atoms with Gasteiger partial charge in [0.25, 0.3) is 0 Å². The molecule has 0 radical (unpaired) electrons. The Kier molecular flexibility index (Phi) is 3.05. The highest BCUT2D eigenvalue weighted by Gasteiger charge is 2.34. The third kappa shape index (κ3) is 1.87. The normalized spacial score (nSPS) is 19.5. The molecule has 3 aromatic rings. The molecule has 0 saturated carbocycles. The minimum absolute atomic E-state index is 0.344. The third-order valence-electron chi connectivity index (χ3n) is 4.98. The lowest BCUT2D eigenvalue weighted by Gasteiger charge is -2.32. The Balaban J connectivity index is 2.21. The van der Waals surface area contributed by atoms with Crippen LogP contribution in [0.15, 0.2) is 42.5 Å². The zero-order valence-electron chi connectivity index (χ0n) is 13.0. The molecule has 2 atom stereocenters. The summed E-state index contributed by atoms with van der Waals surface area (Å²) < 4.78 is 13.8. The van der Waals surface area contributed by atoms with Crippen molar-refractivity contribution in [1.29, 1.82) is 0 Å². The number of aliphatic hydroxyl groups excluding tert-OH is 2. The molecule has 23 heavy (non-hydrogen) atoms. The Hall–Kier alpha value is -2.23. The topological polar surface area (TPSA) is 40.5 Å². The SMILES string of the molecule is Cc1c2c(c(C)c3ccccc13)C(O)C(O)c1ccc(F)cc1-2. The number of fused-ring (bicyclic) bond motifs is 4. The summed E-state index contributed by atoms with van der Waals surface area (Å²) in [6.07, 6.45) is -2.05. The smallest absolute Gasteiger partial charge is 0.123 e. The molecule has 3 aromatic carbocycles. The number of rotatable bonds is 0. The molecule has 2 nitrogen and oxygen atoms in total. The van der Waals surface area contributed by atoms with E-state index in [1.807, 2.05) is 38.1 Å². The van der Waals surface area contributed by atoms with E-state index in [1.165, 1.54) is 12.1 Å². The molecule has 0 aromatic heterocycles. The predicted molar refractivity (Wildman–Crippen MR) is 88.7 cm³/mol. The minimum Gasteiger partial charge on any atom is -0.385 e. The molecule has 0 amide bonds. The van der Waals surface area contributed by atoms with E-state index in [0.29, 0.717) is 16.7 Å². The molecule has 2 N–H and O–H groups in total. The van der Waals surface area contributed by atoms with Gasteiger partial charge in [0.15, 0.2) is 0 Å². The van der Waals surface area contributed by atoms with Gasteiger partial charge in [-0.2, -0.15) is 0 Å². The van der Waals surface area contributed by atoms with Crippen LogP contribution in [0.3, 0.4) is 0 Å². The van der Waals surface area contributed by atoms with Crippen molar-refractivity contribution in [2.75, 3.05) is 0 Å². The van der Waals surface area contributed by atoms with E-state index in [1.54, 1.807) is 6.07 Å². The van der Waals surface area contributed by atoms with Crippen molar-refractivity contribution in [2.45, 2.75) is 26.1 Å². The van der Waals surface area contributed by atoms with Crippen molar-refractivity contribution in [2.24, 2.45) is 0 Å². The van der Waals surface area contributed by atoms with Crippen LogP contribution in [0.2, 0.25) is 0 Å². The fourth-order valence-electron chi connectivity index (χ4n) is 3.85. The van der Waals surface area contributed by atoms with Crippen molar-refractivity contribution in [3.8, 4) is 11.1 Å². The minimum atomic E-state index is -1.04. The zero-order valence-corrected chi connectivity index (χ0v) is 13.0. The second-order valence-corrected chi connectivity index (χ2v) is 6.21. The molecule has 0 heterocycles. The number of halogens is 1. The first-order valence-electron chi connectivity index (χ1n) is 7.68. The van der Waals surface area contributed by atoms with E-state index < -0.39 is 12.2 Å². The van der Waals surface area contributed by atoms with Gasteiger partial charge in [0.05, 0.1) is 0 Å². The average molecular weight is 308 g/mol. The van der Waals surface area contributed by atoms with Gasteiger partial charge < -0.3 is 10.2 Å². The van der Waals surface area contributed by atoms with Crippen molar-refractivity contribution in [3.63, 3.8) is 0 Å². The fourth-order valence-corrected chi connectivity index (χ4v) is 3.85. The number of hydrogen-bond acceptors (Lipinski definition) is 2. The highest BCUT2D eigenvalue weighted by atomic mass is 19.1. The lowest BCUT2D eigenvalue weighted by atomic mass is 9.76. The molecule has 0 aliphatic heterocycles. The highest BCUT2D eigenvalue weighted by molar-refractivity contribution is 5.97. The van der Waals surface area contributed by atoms with Crippen LogP contribution in [0.4, 0.5) is 4.39 Å². The second kappa shape index (κ2) is 4.88. The first-order chi connectivity index (χ1) is 11.0. The van der Waals surface area contributed by atoms with E-state index >= 15 is 0 Å². The molecule has 1 aliphatic carbocycles. The summed E-state index contributed by atoms with van der Waals surface area (Å²) in [6, 6.07) is 12.3. The maximum absolute atomic E-state index is 13.8. The summed E-state index contributed by atoms with van der Waals surface area (Å²) in [7, 11) is 0. The van der Waals surface area contributed by atoms with Crippen LogP contribution in [0.25, 0.3) is 21.9 Å². The number of benzene rings is 3. The Morgan fingerprint density at radius 1 is 0.870 bits per heavy atom. The molecule has 1 aliphatic rings. The lowest BCUT2D eigenvalue weighted by molar-refractivity contribution is 0.0154. The van der Waals surface area contributed by atoms with Crippen molar-refractivity contribution in [1.82, 2.24) is 0 Å². The monoisotopic (exact) mass is 308 g/mol. The molecular formula is C20H17FO2. The first kappa shape index (κ1) is 14.4. The maximum atomic E-state index is 13.8. The van der Waals surface area contributed by atoms with Crippen molar-refractivity contribution in [3.05, 3.63) is 70.5 Å². The summed E-state index contributed by atoms with van der Waals surface area (Å²) in [5, 5.41) is 23.3. The van der Waals surface area contributed by atoms with Gasteiger partial charge in [-0.05, 0) is 70.1 Å². The van der Waals surface area contributed by atoms with Crippen molar-refractivity contribution < 1.29 is 14.6 Å². The summed E-state index contributed by atoms with van der Waals surface area (Å²) in [4.78, 5) is 0. The lowest BCUT2D eigenvalue weighted by Crippen LogP contribution is -2.19. The van der Waals surface area contributed by atoms with Crippen molar-refractivity contribution >= 4 is 10.8 Å². The van der Waals surface area contributed by atoms with E-state index in [9.17, 15) is 14.6 Å². The van der Waals surface area contributed by atoms with Gasteiger partial charge in [-0.25, -0.2) is 4.39 Å². The first-order valence-corrected chi connectivity index (χ1v) is 7.68. The molecule has 0 saturated heterocycles. The number of aliphatic hydroxyl groups is 2. The Labute approximate surface area is 133 Å². The molecule has 0 fully saturated rings. The molecular weight excluding hydrogens is 291 g/mol. The Morgan fingerprint density at radius 2 is 1.52 bits per heavy atom. The van der Waals surface area contributed by atoms with Crippen LogP contribution >= 0.6 is 0 Å². The van der Waals surface area contributed by atoms with Gasteiger partial charge in [-0.15, -0.1) is 0 Å².